The van der Waals surface area contributed by atoms with Crippen LogP contribution in [0.3, 0.4) is 0 Å². The van der Waals surface area contributed by atoms with Crippen LogP contribution in [-0.4, -0.2) is 31.1 Å². The van der Waals surface area contributed by atoms with E-state index in [2.05, 4.69) is 21.0 Å². The Kier molecular flexibility index (Phi) is 5.55. The number of primary amides is 1. The van der Waals surface area contributed by atoms with E-state index in [0.29, 0.717) is 6.54 Å². The van der Waals surface area contributed by atoms with Gasteiger partial charge >= 0.3 is 0 Å². The van der Waals surface area contributed by atoms with E-state index in [1.54, 1.807) is 6.20 Å². The number of hydrogen-bond donors (Lipinski definition) is 1. The number of pyridine rings is 3. The first-order valence-corrected chi connectivity index (χ1v) is 10.5. The van der Waals surface area contributed by atoms with Crippen LogP contribution in [0.2, 0.25) is 0 Å². The molecule has 0 aromatic carbocycles. The summed E-state index contributed by atoms with van der Waals surface area (Å²) in [4.78, 5) is 28.5. The Labute approximate surface area is 180 Å². The third-order valence-electron chi connectivity index (χ3n) is 4.88. The van der Waals surface area contributed by atoms with Crippen molar-refractivity contribution in [3.8, 4) is 11.3 Å². The van der Waals surface area contributed by atoms with E-state index in [1.165, 1.54) is 11.8 Å². The average molecular weight is 418 g/mol. The highest BCUT2D eigenvalue weighted by Crippen LogP contribution is 2.39. The lowest BCUT2D eigenvalue weighted by molar-refractivity contribution is -0.119. The summed E-state index contributed by atoms with van der Waals surface area (Å²) >= 11 is 1.44. The lowest BCUT2D eigenvalue weighted by atomic mass is 10.1. The highest BCUT2D eigenvalue weighted by atomic mass is 32.2. The van der Waals surface area contributed by atoms with Gasteiger partial charge in [-0.15, -0.1) is 0 Å². The molecular weight excluding hydrogens is 394 g/mol. The van der Waals surface area contributed by atoms with Crippen LogP contribution in [0.15, 0.2) is 55.0 Å². The summed E-state index contributed by atoms with van der Waals surface area (Å²) < 4.78 is 0. The van der Waals surface area contributed by atoms with Crippen LogP contribution in [0, 0.1) is 20.8 Å². The smallest absolute Gasteiger partial charge is 0.251 e. The number of nitrogens with zero attached hydrogens (tertiary/aromatic N) is 4. The van der Waals surface area contributed by atoms with E-state index >= 15 is 0 Å². The molecule has 6 nitrogen and oxygen atoms in total. The van der Waals surface area contributed by atoms with E-state index in [0.717, 1.165) is 44.4 Å². The standard InChI is InChI=1S/C23H23N5OS/c1-14-9-17(11-26-21(14)18-7-8-25-16(3)10-18)12-28-13-20(30-23(28)22(24)29)19-6-4-5-15(2)27-19/h4-11,13,23H,12H2,1-3H3,(H2,24,29). The summed E-state index contributed by atoms with van der Waals surface area (Å²) in [5, 5.41) is -0.467. The number of rotatable bonds is 5. The van der Waals surface area contributed by atoms with E-state index in [4.69, 9.17) is 5.73 Å². The summed E-state index contributed by atoms with van der Waals surface area (Å²) in [5.74, 6) is -0.368. The van der Waals surface area contributed by atoms with Gasteiger partial charge in [-0.05, 0) is 56.2 Å². The van der Waals surface area contributed by atoms with Crippen molar-refractivity contribution in [2.75, 3.05) is 0 Å². The molecule has 30 heavy (non-hydrogen) atoms. The molecule has 1 aliphatic heterocycles. The Bertz CT molecular complexity index is 1140. The zero-order valence-electron chi connectivity index (χ0n) is 17.2. The normalized spacial score (nSPS) is 15.9. The van der Waals surface area contributed by atoms with Gasteiger partial charge in [0.15, 0.2) is 5.37 Å². The van der Waals surface area contributed by atoms with Crippen molar-refractivity contribution in [1.82, 2.24) is 19.9 Å². The monoisotopic (exact) mass is 417 g/mol. The van der Waals surface area contributed by atoms with Gasteiger partial charge in [-0.2, -0.15) is 0 Å². The van der Waals surface area contributed by atoms with E-state index in [-0.39, 0.29) is 5.91 Å². The Balaban J connectivity index is 1.60. The first-order chi connectivity index (χ1) is 14.4. The molecule has 4 heterocycles. The van der Waals surface area contributed by atoms with Gasteiger partial charge in [0.05, 0.1) is 16.3 Å². The van der Waals surface area contributed by atoms with Gasteiger partial charge in [-0.25, -0.2) is 0 Å². The topological polar surface area (TPSA) is 85.0 Å². The molecule has 0 spiro atoms. The molecule has 7 heteroatoms. The number of carbonyl (C=O) groups excluding carboxylic acids is 1. The van der Waals surface area contributed by atoms with E-state index < -0.39 is 5.37 Å². The minimum absolute atomic E-state index is 0.368. The van der Waals surface area contributed by atoms with Crippen LogP contribution in [0.1, 0.15) is 28.2 Å². The van der Waals surface area contributed by atoms with Gasteiger partial charge < -0.3 is 10.6 Å². The fourth-order valence-corrected chi connectivity index (χ4v) is 4.58. The lowest BCUT2D eigenvalue weighted by Crippen LogP contribution is -2.36. The maximum Gasteiger partial charge on any atom is 0.251 e. The molecule has 0 saturated heterocycles. The maximum atomic E-state index is 12.1. The Morgan fingerprint density at radius 3 is 2.67 bits per heavy atom. The molecule has 0 aliphatic carbocycles. The van der Waals surface area contributed by atoms with Crippen molar-refractivity contribution >= 4 is 22.6 Å². The molecule has 0 fully saturated rings. The van der Waals surface area contributed by atoms with Gasteiger partial charge in [0.1, 0.15) is 0 Å². The molecule has 4 rings (SSSR count). The van der Waals surface area contributed by atoms with E-state index in [9.17, 15) is 4.79 Å². The second-order valence-electron chi connectivity index (χ2n) is 7.40. The maximum absolute atomic E-state index is 12.1. The Morgan fingerprint density at radius 1 is 1.13 bits per heavy atom. The van der Waals surface area contributed by atoms with Gasteiger partial charge in [-0.3, -0.25) is 19.7 Å². The largest absolute Gasteiger partial charge is 0.367 e. The molecule has 1 unspecified atom stereocenters. The van der Waals surface area contributed by atoms with Crippen LogP contribution in [0.4, 0.5) is 0 Å². The molecule has 3 aromatic rings. The van der Waals surface area contributed by atoms with Crippen molar-refractivity contribution in [3.05, 3.63) is 83.2 Å². The third kappa shape index (κ3) is 4.21. The van der Waals surface area contributed by atoms with Crippen LogP contribution in [-0.2, 0) is 11.3 Å². The number of thioether (sulfide) groups is 1. The molecule has 3 aromatic heterocycles. The predicted octanol–water partition coefficient (Wildman–Crippen LogP) is 3.82. The molecule has 0 bridgehead atoms. The molecule has 0 radical (unpaired) electrons. The van der Waals surface area contributed by atoms with Crippen LogP contribution < -0.4 is 5.73 Å². The average Bonchev–Trinajstić information content (AvgIpc) is 3.12. The second-order valence-corrected chi connectivity index (χ2v) is 8.52. The number of aryl methyl sites for hydroxylation is 3. The van der Waals surface area contributed by atoms with Crippen LogP contribution in [0.5, 0.6) is 0 Å². The number of nitrogens with two attached hydrogens (primary N) is 1. The second kappa shape index (κ2) is 8.28. The Morgan fingerprint density at radius 2 is 1.97 bits per heavy atom. The van der Waals surface area contributed by atoms with Gasteiger partial charge in [-0.1, -0.05) is 23.9 Å². The van der Waals surface area contributed by atoms with Crippen molar-refractivity contribution in [2.24, 2.45) is 5.73 Å². The van der Waals surface area contributed by atoms with Gasteiger partial charge in [0, 0.05) is 42.1 Å². The highest BCUT2D eigenvalue weighted by molar-refractivity contribution is 8.09. The molecular formula is C23H23N5OS. The van der Waals surface area contributed by atoms with Crippen molar-refractivity contribution < 1.29 is 4.79 Å². The fourth-order valence-electron chi connectivity index (χ4n) is 3.52. The van der Waals surface area contributed by atoms with Crippen molar-refractivity contribution in [1.29, 1.82) is 0 Å². The molecule has 1 atom stereocenters. The van der Waals surface area contributed by atoms with Crippen molar-refractivity contribution in [3.63, 3.8) is 0 Å². The highest BCUT2D eigenvalue weighted by Gasteiger charge is 2.31. The molecule has 1 aliphatic rings. The first kappa shape index (κ1) is 20.1. The quantitative estimate of drug-likeness (QED) is 0.679. The SMILES string of the molecule is Cc1cc(-c2ncc(CN3C=C(c4cccc(C)n4)SC3C(N)=O)cc2C)ccn1. The van der Waals surface area contributed by atoms with Crippen LogP contribution >= 0.6 is 11.8 Å². The number of carbonyl (C=O) groups is 1. The van der Waals surface area contributed by atoms with Gasteiger partial charge in [0.2, 0.25) is 0 Å². The molecule has 0 saturated carbocycles. The fraction of sp³-hybridized carbons (Fsp3) is 0.217. The van der Waals surface area contributed by atoms with Crippen LogP contribution in [0.25, 0.3) is 16.2 Å². The van der Waals surface area contributed by atoms with Crippen molar-refractivity contribution in [2.45, 2.75) is 32.7 Å². The summed E-state index contributed by atoms with van der Waals surface area (Å²) in [6.07, 6.45) is 5.62. The summed E-state index contributed by atoms with van der Waals surface area (Å²) in [6, 6.07) is 12.0. The molecule has 2 N–H and O–H groups in total. The first-order valence-electron chi connectivity index (χ1n) is 9.67. The zero-order valence-corrected chi connectivity index (χ0v) is 18.0. The number of amides is 1. The lowest BCUT2D eigenvalue weighted by Gasteiger charge is -2.22. The predicted molar refractivity (Wildman–Crippen MR) is 120 cm³/mol. The Hall–Kier alpha value is -3.19. The molecule has 152 valence electrons. The summed E-state index contributed by atoms with van der Waals surface area (Å²) in [5.41, 5.74) is 12.5. The zero-order chi connectivity index (χ0) is 21.3. The number of hydrogen-bond acceptors (Lipinski definition) is 6. The minimum atomic E-state index is -0.467. The third-order valence-corrected chi connectivity index (χ3v) is 6.17. The summed E-state index contributed by atoms with van der Waals surface area (Å²) in [7, 11) is 0. The summed E-state index contributed by atoms with van der Waals surface area (Å²) in [6.45, 7) is 6.51. The number of aromatic nitrogens is 3. The van der Waals surface area contributed by atoms with Gasteiger partial charge in [0.25, 0.3) is 5.91 Å². The minimum Gasteiger partial charge on any atom is -0.367 e. The van der Waals surface area contributed by atoms with E-state index in [1.807, 2.05) is 68.4 Å². The molecule has 1 amide bonds.